The molecule has 30 heavy (non-hydrogen) atoms. The van der Waals surface area contributed by atoms with Gasteiger partial charge in [0.05, 0.1) is 6.16 Å². The predicted octanol–water partition coefficient (Wildman–Crippen LogP) is 3.90. The minimum absolute atomic E-state index is 0. The van der Waals surface area contributed by atoms with E-state index in [1.54, 1.807) is 0 Å². The maximum Gasteiger partial charge on any atom is 0.112 e. The fraction of sp³-hybridized carbons (Fsp3) is 0.286. The fourth-order valence-corrected chi connectivity index (χ4v) is 8.45. The van der Waals surface area contributed by atoms with Crippen LogP contribution in [0.1, 0.15) is 45.4 Å². The lowest BCUT2D eigenvalue weighted by atomic mass is 10.2. The van der Waals surface area contributed by atoms with Crippen molar-refractivity contribution in [2.24, 2.45) is 0 Å². The van der Waals surface area contributed by atoms with Gasteiger partial charge in [-0.25, -0.2) is 0 Å². The summed E-state index contributed by atoms with van der Waals surface area (Å²) >= 11 is 0. The second kappa shape index (κ2) is 13.8. The molecule has 0 spiro atoms. The largest absolute Gasteiger partial charge is 1.00 e. The third kappa shape index (κ3) is 6.53. The number of allylic oxidation sites excluding steroid dienone is 2. The molecule has 0 amide bonds. The maximum absolute atomic E-state index is 2.41. The number of hydrogen-bond donors (Lipinski definition) is 0. The van der Waals surface area contributed by atoms with E-state index in [1.165, 1.54) is 60.6 Å². The number of benzene rings is 3. The van der Waals surface area contributed by atoms with Crippen LogP contribution in [0.2, 0.25) is 0 Å². The van der Waals surface area contributed by atoms with E-state index in [1.807, 2.05) is 0 Å². The predicted molar refractivity (Wildman–Crippen MR) is 133 cm³/mol. The first-order valence-electron chi connectivity index (χ1n) is 11.1. The molecule has 0 aliphatic rings. The summed E-state index contributed by atoms with van der Waals surface area (Å²) in [5, 5.41) is 4.47. The van der Waals surface area contributed by atoms with Gasteiger partial charge in [0, 0.05) is 0 Å². The van der Waals surface area contributed by atoms with Crippen LogP contribution in [0.5, 0.6) is 0 Å². The quantitative estimate of drug-likeness (QED) is 0.153. The van der Waals surface area contributed by atoms with Crippen LogP contribution in [0.4, 0.5) is 0 Å². The molecule has 0 aliphatic carbocycles. The Morgan fingerprint density at radius 3 is 1.37 bits per heavy atom. The maximum atomic E-state index is 2.41. The van der Waals surface area contributed by atoms with Crippen LogP contribution >= 0.6 is 7.26 Å². The summed E-state index contributed by atoms with van der Waals surface area (Å²) in [7, 11) is -1.65. The molecule has 0 atom stereocenters. The Labute approximate surface area is 201 Å². The number of hydrogen-bond acceptors (Lipinski definition) is 0. The van der Waals surface area contributed by atoms with Crippen LogP contribution in [0.3, 0.4) is 0 Å². The number of rotatable bonds is 11. The van der Waals surface area contributed by atoms with E-state index in [9.17, 15) is 0 Å². The van der Waals surface area contributed by atoms with Crippen molar-refractivity contribution in [1.82, 2.24) is 0 Å². The third-order valence-electron chi connectivity index (χ3n) is 5.60. The molecule has 0 N–H and O–H groups in total. The van der Waals surface area contributed by atoms with Crippen molar-refractivity contribution < 1.29 is 24.0 Å². The van der Waals surface area contributed by atoms with Gasteiger partial charge in [-0.1, -0.05) is 86.5 Å². The second-order valence-corrected chi connectivity index (χ2v) is 11.3. The summed E-state index contributed by atoms with van der Waals surface area (Å²) < 4.78 is 0. The van der Waals surface area contributed by atoms with Crippen molar-refractivity contribution in [3.05, 3.63) is 103 Å². The van der Waals surface area contributed by atoms with E-state index in [-0.39, 0.29) is 24.0 Å². The third-order valence-corrected chi connectivity index (χ3v) is 10.1. The van der Waals surface area contributed by atoms with E-state index < -0.39 is 7.26 Å². The molecule has 0 aliphatic heterocycles. The minimum Gasteiger partial charge on any atom is -1.00 e. The first-order chi connectivity index (χ1) is 14.4. The topological polar surface area (TPSA) is 0 Å². The molecule has 0 unspecified atom stereocenters. The van der Waals surface area contributed by atoms with Crippen molar-refractivity contribution in [1.29, 1.82) is 0 Å². The minimum atomic E-state index is -1.65. The number of unbranched alkanes of at least 4 members (excludes halogenated alkanes) is 4. The van der Waals surface area contributed by atoms with E-state index in [0.29, 0.717) is 0 Å². The summed E-state index contributed by atoms with van der Waals surface area (Å²) in [5.41, 5.74) is 0. The average molecular weight is 528 g/mol. The van der Waals surface area contributed by atoms with Gasteiger partial charge >= 0.3 is 0 Å². The van der Waals surface area contributed by atoms with E-state index in [2.05, 4.69) is 110 Å². The Morgan fingerprint density at radius 1 is 0.567 bits per heavy atom. The van der Waals surface area contributed by atoms with Gasteiger partial charge in [0.25, 0.3) is 0 Å². The van der Waals surface area contributed by atoms with Crippen LogP contribution in [0.15, 0.2) is 103 Å². The van der Waals surface area contributed by atoms with Crippen molar-refractivity contribution in [3.63, 3.8) is 0 Å². The molecule has 0 heterocycles. The molecule has 0 fully saturated rings. The smallest absolute Gasteiger partial charge is 0.112 e. The van der Waals surface area contributed by atoms with Crippen molar-refractivity contribution in [2.45, 2.75) is 45.4 Å². The molecule has 0 nitrogen and oxygen atoms in total. The van der Waals surface area contributed by atoms with Crippen molar-refractivity contribution in [3.8, 4) is 0 Å². The zero-order valence-electron chi connectivity index (χ0n) is 18.1. The van der Waals surface area contributed by atoms with Gasteiger partial charge in [0.15, 0.2) is 0 Å². The first kappa shape index (κ1) is 24.8. The van der Waals surface area contributed by atoms with Gasteiger partial charge in [-0.3, -0.25) is 0 Å². The van der Waals surface area contributed by atoms with Crippen LogP contribution in [0, 0.1) is 0 Å². The summed E-state index contributed by atoms with van der Waals surface area (Å²) in [5.74, 6) is 0. The van der Waals surface area contributed by atoms with Crippen LogP contribution < -0.4 is 39.9 Å². The molecule has 0 saturated heterocycles. The van der Waals surface area contributed by atoms with Gasteiger partial charge in [-0.15, -0.1) is 0 Å². The molecule has 0 bridgehead atoms. The van der Waals surface area contributed by atoms with Gasteiger partial charge in [-0.2, -0.15) is 0 Å². The monoisotopic (exact) mass is 528 g/mol. The normalized spacial score (nSPS) is 11.4. The highest BCUT2D eigenvalue weighted by molar-refractivity contribution is 7.95. The highest BCUT2D eigenvalue weighted by Crippen LogP contribution is 2.55. The first-order valence-corrected chi connectivity index (χ1v) is 13.1. The standard InChI is InChI=1S/C28H34P.HI/c1-2-3-4-5-6-7-8-18-25-29(26-19-12-9-13-20-26,27-21-14-10-15-22-27)28-23-16-11-17-24-28;/h6-7,9-17,19-24H,2-5,8,18,25H2,1H3;1H/q+1;/p-1/b7-6-;. The summed E-state index contributed by atoms with van der Waals surface area (Å²) in [4.78, 5) is 0. The second-order valence-electron chi connectivity index (χ2n) is 7.65. The zero-order valence-corrected chi connectivity index (χ0v) is 21.1. The summed E-state index contributed by atoms with van der Waals surface area (Å²) in [6.07, 6.45) is 13.6. The average Bonchev–Trinajstić information content (AvgIpc) is 2.80. The van der Waals surface area contributed by atoms with Gasteiger partial charge in [0.1, 0.15) is 23.2 Å². The van der Waals surface area contributed by atoms with Crippen LogP contribution in [-0.4, -0.2) is 6.16 Å². The lowest BCUT2D eigenvalue weighted by molar-refractivity contribution is -0.00000581. The lowest BCUT2D eigenvalue weighted by Gasteiger charge is -2.27. The molecule has 3 aromatic carbocycles. The highest BCUT2D eigenvalue weighted by Gasteiger charge is 2.44. The lowest BCUT2D eigenvalue weighted by Crippen LogP contribution is -3.00. The SMILES string of the molecule is CCCCC/C=C\CCC[P+](c1ccccc1)(c1ccccc1)c1ccccc1.[I-]. The van der Waals surface area contributed by atoms with Gasteiger partial charge in [0.2, 0.25) is 0 Å². The molecule has 3 aromatic rings. The Bertz CT molecular complexity index is 747. The molecule has 0 saturated carbocycles. The zero-order chi connectivity index (χ0) is 20.2. The molecule has 158 valence electrons. The highest BCUT2D eigenvalue weighted by atomic mass is 127. The van der Waals surface area contributed by atoms with Crippen molar-refractivity contribution in [2.75, 3.05) is 6.16 Å². The Balaban J connectivity index is 0.00000320. The Kier molecular flexibility index (Phi) is 11.4. The van der Waals surface area contributed by atoms with E-state index in [0.717, 1.165) is 0 Å². The molecule has 0 radical (unpaired) electrons. The van der Waals surface area contributed by atoms with Crippen LogP contribution in [-0.2, 0) is 0 Å². The Hall–Kier alpha value is -1.44. The van der Waals surface area contributed by atoms with Gasteiger partial charge in [-0.05, 0) is 62.1 Å². The molecule has 0 aromatic heterocycles. The molecular weight excluding hydrogens is 494 g/mol. The Morgan fingerprint density at radius 2 is 0.967 bits per heavy atom. The summed E-state index contributed by atoms with van der Waals surface area (Å²) in [6, 6.07) is 33.6. The van der Waals surface area contributed by atoms with Crippen LogP contribution in [0.25, 0.3) is 0 Å². The van der Waals surface area contributed by atoms with Gasteiger partial charge < -0.3 is 24.0 Å². The fourth-order valence-electron chi connectivity index (χ4n) is 4.08. The van der Waals surface area contributed by atoms with Crippen molar-refractivity contribution >= 4 is 23.2 Å². The van der Waals surface area contributed by atoms with E-state index in [4.69, 9.17) is 0 Å². The molecule has 3 rings (SSSR count). The van der Waals surface area contributed by atoms with E-state index >= 15 is 0 Å². The molecular formula is C28H34IP. The number of halogens is 1. The summed E-state index contributed by atoms with van der Waals surface area (Å²) in [6.45, 7) is 2.27. The molecule has 2 heteroatoms.